The molecule has 1 unspecified atom stereocenters. The first-order valence-corrected chi connectivity index (χ1v) is 12.5. The third kappa shape index (κ3) is 4.54. The number of hydrogen-bond acceptors (Lipinski definition) is 4. The molecule has 1 N–H and O–H groups in total. The van der Waals surface area contributed by atoms with Gasteiger partial charge in [-0.15, -0.1) is 0 Å². The predicted molar refractivity (Wildman–Crippen MR) is 126 cm³/mol. The van der Waals surface area contributed by atoms with E-state index in [1.807, 2.05) is 28.8 Å². The van der Waals surface area contributed by atoms with Crippen molar-refractivity contribution in [3.63, 3.8) is 0 Å². The summed E-state index contributed by atoms with van der Waals surface area (Å²) in [6.45, 7) is 0.936. The second kappa shape index (κ2) is 9.20. The first-order chi connectivity index (χ1) is 16.8. The Morgan fingerprint density at radius 2 is 1.77 bits per heavy atom. The molecule has 1 amide bonds. The van der Waals surface area contributed by atoms with Gasteiger partial charge in [-0.25, -0.2) is 22.2 Å². The fourth-order valence-electron chi connectivity index (χ4n) is 4.03. The van der Waals surface area contributed by atoms with Crippen LogP contribution in [0.4, 0.5) is 8.78 Å². The van der Waals surface area contributed by atoms with Crippen LogP contribution >= 0.6 is 0 Å². The van der Waals surface area contributed by atoms with Gasteiger partial charge in [0, 0.05) is 25.2 Å². The molecule has 0 aliphatic carbocycles. The molecule has 7 nitrogen and oxygen atoms in total. The Morgan fingerprint density at radius 3 is 2.49 bits per heavy atom. The number of halogens is 2. The van der Waals surface area contributed by atoms with Crippen LogP contribution in [0.1, 0.15) is 28.4 Å². The van der Waals surface area contributed by atoms with E-state index in [-0.39, 0.29) is 12.1 Å². The molecule has 4 aromatic rings. The lowest BCUT2D eigenvalue weighted by Gasteiger charge is -2.29. The Morgan fingerprint density at radius 1 is 1.03 bits per heavy atom. The largest absolute Gasteiger partial charge is 0.343 e. The zero-order valence-corrected chi connectivity index (χ0v) is 19.4. The van der Waals surface area contributed by atoms with Crippen LogP contribution in [0.5, 0.6) is 0 Å². The van der Waals surface area contributed by atoms with E-state index in [2.05, 4.69) is 10.3 Å². The van der Waals surface area contributed by atoms with E-state index in [0.717, 1.165) is 23.2 Å². The minimum absolute atomic E-state index is 0.00750. The van der Waals surface area contributed by atoms with E-state index in [0.29, 0.717) is 25.1 Å². The molecule has 1 aliphatic rings. The van der Waals surface area contributed by atoms with E-state index < -0.39 is 38.5 Å². The highest BCUT2D eigenvalue weighted by atomic mass is 32.2. The summed E-state index contributed by atoms with van der Waals surface area (Å²) in [5.41, 5.74) is 2.30. The Kier molecular flexibility index (Phi) is 6.08. The highest BCUT2D eigenvalue weighted by molar-refractivity contribution is 7.89. The summed E-state index contributed by atoms with van der Waals surface area (Å²) in [6.07, 6.45) is 2.37. The number of carbonyl (C=O) groups is 1. The van der Waals surface area contributed by atoms with Crippen molar-refractivity contribution in [3.8, 4) is 0 Å². The normalized spacial score (nSPS) is 15.0. The number of amides is 1. The number of benzene rings is 3. The van der Waals surface area contributed by atoms with Gasteiger partial charge in [-0.3, -0.25) is 4.79 Å². The summed E-state index contributed by atoms with van der Waals surface area (Å²) in [5.74, 6) is -1.90. The van der Waals surface area contributed by atoms with Crippen molar-refractivity contribution in [2.24, 2.45) is 0 Å². The molecule has 0 spiro atoms. The molecular weight excluding hydrogens is 474 g/mol. The van der Waals surface area contributed by atoms with Gasteiger partial charge in [0.2, 0.25) is 10.0 Å². The highest BCUT2D eigenvalue weighted by Gasteiger charge is 2.32. The van der Waals surface area contributed by atoms with Gasteiger partial charge in [-0.1, -0.05) is 24.3 Å². The smallest absolute Gasteiger partial charge is 0.251 e. The number of nitrogens with zero attached hydrogens (tertiary/aromatic N) is 3. The third-order valence-corrected chi connectivity index (χ3v) is 8.02. The van der Waals surface area contributed by atoms with Gasteiger partial charge in [0.1, 0.15) is 16.5 Å². The third-order valence-electron chi connectivity index (χ3n) is 6.11. The molecule has 0 saturated carbocycles. The SMILES string of the molecule is O=C(NC(Cn1cnc2ccccc21)c1ccc(F)cc1)c1ccc(F)c(S(=O)(=O)N2CCC2)c1. The summed E-state index contributed by atoms with van der Waals surface area (Å²) in [6, 6.07) is 16.0. The molecule has 180 valence electrons. The Bertz CT molecular complexity index is 1500. The van der Waals surface area contributed by atoms with Gasteiger partial charge >= 0.3 is 0 Å². The van der Waals surface area contributed by atoms with Crippen molar-refractivity contribution in [1.29, 1.82) is 0 Å². The van der Waals surface area contributed by atoms with Crippen LogP contribution in [0.2, 0.25) is 0 Å². The Balaban J connectivity index is 1.46. The minimum Gasteiger partial charge on any atom is -0.343 e. The van der Waals surface area contributed by atoms with Crippen LogP contribution in [0.15, 0.2) is 78.0 Å². The molecule has 5 rings (SSSR count). The highest BCUT2D eigenvalue weighted by Crippen LogP contribution is 2.25. The zero-order chi connectivity index (χ0) is 24.6. The molecule has 1 aromatic heterocycles. The first-order valence-electron chi connectivity index (χ1n) is 11.1. The summed E-state index contributed by atoms with van der Waals surface area (Å²) in [5, 5.41) is 2.89. The maximum atomic E-state index is 14.4. The van der Waals surface area contributed by atoms with Gasteiger partial charge in [0.25, 0.3) is 5.91 Å². The number of fused-ring (bicyclic) bond motifs is 1. The van der Waals surface area contributed by atoms with Crippen LogP contribution in [-0.4, -0.2) is 41.3 Å². The molecule has 1 saturated heterocycles. The molecule has 0 radical (unpaired) electrons. The van der Waals surface area contributed by atoms with E-state index >= 15 is 0 Å². The lowest BCUT2D eigenvalue weighted by atomic mass is 10.1. The predicted octanol–water partition coefficient (Wildman–Crippen LogP) is 3.88. The Hall–Kier alpha value is -3.63. The average Bonchev–Trinajstić information content (AvgIpc) is 3.20. The van der Waals surface area contributed by atoms with Gasteiger partial charge in [0.15, 0.2) is 0 Å². The quantitative estimate of drug-likeness (QED) is 0.421. The van der Waals surface area contributed by atoms with Crippen molar-refractivity contribution in [2.45, 2.75) is 23.9 Å². The molecule has 3 aromatic carbocycles. The van der Waals surface area contributed by atoms with Crippen LogP contribution in [-0.2, 0) is 16.6 Å². The van der Waals surface area contributed by atoms with Crippen LogP contribution in [0, 0.1) is 11.6 Å². The van der Waals surface area contributed by atoms with Crippen molar-refractivity contribution in [2.75, 3.05) is 13.1 Å². The number of aromatic nitrogens is 2. The van der Waals surface area contributed by atoms with E-state index in [9.17, 15) is 22.0 Å². The molecular formula is C25H22F2N4O3S. The maximum absolute atomic E-state index is 14.4. The van der Waals surface area contributed by atoms with Crippen molar-refractivity contribution in [3.05, 3.63) is 95.8 Å². The van der Waals surface area contributed by atoms with Crippen LogP contribution in [0.3, 0.4) is 0 Å². The average molecular weight is 497 g/mol. The zero-order valence-electron chi connectivity index (χ0n) is 18.6. The number of sulfonamides is 1. The second-order valence-corrected chi connectivity index (χ2v) is 10.3. The molecule has 1 fully saturated rings. The lowest BCUT2D eigenvalue weighted by Crippen LogP contribution is -2.42. The van der Waals surface area contributed by atoms with Crippen molar-refractivity contribution >= 4 is 27.0 Å². The van der Waals surface area contributed by atoms with Gasteiger partial charge in [0.05, 0.1) is 23.4 Å². The van der Waals surface area contributed by atoms with Gasteiger partial charge in [-0.2, -0.15) is 4.31 Å². The fourth-order valence-corrected chi connectivity index (χ4v) is 5.64. The van der Waals surface area contributed by atoms with Crippen LogP contribution in [0.25, 0.3) is 11.0 Å². The lowest BCUT2D eigenvalue weighted by molar-refractivity contribution is 0.0932. The first kappa shape index (κ1) is 23.1. The number of nitrogens with one attached hydrogen (secondary N) is 1. The fraction of sp³-hybridized carbons (Fsp3) is 0.200. The summed E-state index contributed by atoms with van der Waals surface area (Å²) < 4.78 is 56.5. The minimum atomic E-state index is -4.02. The Labute approximate surface area is 201 Å². The topological polar surface area (TPSA) is 84.3 Å². The van der Waals surface area contributed by atoms with Crippen LogP contribution < -0.4 is 5.32 Å². The van der Waals surface area contributed by atoms with E-state index in [1.54, 1.807) is 18.5 Å². The van der Waals surface area contributed by atoms with E-state index in [4.69, 9.17) is 0 Å². The summed E-state index contributed by atoms with van der Waals surface area (Å²) >= 11 is 0. The molecule has 2 heterocycles. The van der Waals surface area contributed by atoms with E-state index in [1.165, 1.54) is 22.5 Å². The monoisotopic (exact) mass is 496 g/mol. The molecule has 0 bridgehead atoms. The molecule has 10 heteroatoms. The standard InChI is InChI=1S/C25H22F2N4O3S/c26-19-9-6-17(7-10-19)22(15-30-16-28-21-4-1-2-5-23(21)30)29-25(32)18-8-11-20(27)24(14-18)35(33,34)31-12-3-13-31/h1-2,4-11,14,16,22H,3,12-13,15H2,(H,29,32). The second-order valence-electron chi connectivity index (χ2n) is 8.37. The number of para-hydroxylation sites is 2. The van der Waals surface area contributed by atoms with Gasteiger partial charge < -0.3 is 9.88 Å². The molecule has 1 aliphatic heterocycles. The molecule has 35 heavy (non-hydrogen) atoms. The number of rotatable bonds is 7. The molecule has 1 atom stereocenters. The summed E-state index contributed by atoms with van der Waals surface area (Å²) in [4.78, 5) is 17.0. The number of hydrogen-bond donors (Lipinski definition) is 1. The van der Waals surface area contributed by atoms with Crippen molar-refractivity contribution < 1.29 is 22.0 Å². The number of carbonyl (C=O) groups excluding carboxylic acids is 1. The van der Waals surface area contributed by atoms with Crippen molar-refractivity contribution in [1.82, 2.24) is 19.2 Å². The van der Waals surface area contributed by atoms with Gasteiger partial charge in [-0.05, 0) is 54.4 Å². The maximum Gasteiger partial charge on any atom is 0.251 e. The number of imidazole rings is 1. The summed E-state index contributed by atoms with van der Waals surface area (Å²) in [7, 11) is -4.02.